The van der Waals surface area contributed by atoms with Gasteiger partial charge in [0.15, 0.2) is 5.78 Å². The summed E-state index contributed by atoms with van der Waals surface area (Å²) in [4.78, 5) is 23.2. The van der Waals surface area contributed by atoms with E-state index in [9.17, 15) is 9.59 Å². The van der Waals surface area contributed by atoms with Gasteiger partial charge in [-0.05, 0) is 20.3 Å². The predicted molar refractivity (Wildman–Crippen MR) is 54.7 cm³/mol. The summed E-state index contributed by atoms with van der Waals surface area (Å²) in [5.41, 5.74) is -1.30. The number of ether oxygens (including phenoxy) is 1. The lowest BCUT2D eigenvalue weighted by molar-refractivity contribution is -0.152. The zero-order chi connectivity index (χ0) is 9.85. The maximum atomic E-state index is 11.6. The van der Waals surface area contributed by atoms with Gasteiger partial charge in [0.2, 0.25) is 0 Å². The molecule has 4 heteroatoms. The van der Waals surface area contributed by atoms with Crippen LogP contribution in [0.25, 0.3) is 0 Å². The average molecular weight is 294 g/mol. The van der Waals surface area contributed by atoms with Crippen LogP contribution < -0.4 is 0 Å². The highest BCUT2D eigenvalue weighted by molar-refractivity contribution is 14.1. The minimum atomic E-state index is -0.881. The summed E-state index contributed by atoms with van der Waals surface area (Å²) in [6.07, 6.45) is 1.14. The van der Waals surface area contributed by atoms with Crippen LogP contribution in [-0.2, 0) is 14.3 Å². The number of fused-ring (bicyclic) bond motifs is 2. The third-order valence-electron chi connectivity index (χ3n) is 3.22. The van der Waals surface area contributed by atoms with Crippen molar-refractivity contribution in [2.45, 2.75) is 36.2 Å². The van der Waals surface area contributed by atoms with Crippen LogP contribution in [0.5, 0.6) is 0 Å². The number of carbonyl (C=O) groups excluding carboxylic acids is 2. The number of esters is 1. The molecule has 3 nitrogen and oxygen atoms in total. The Balaban J connectivity index is 2.52. The van der Waals surface area contributed by atoms with Crippen molar-refractivity contribution in [3.05, 3.63) is 0 Å². The van der Waals surface area contributed by atoms with E-state index >= 15 is 0 Å². The van der Waals surface area contributed by atoms with E-state index in [1.807, 2.05) is 6.92 Å². The fourth-order valence-corrected chi connectivity index (χ4v) is 3.18. The van der Waals surface area contributed by atoms with Gasteiger partial charge in [0, 0.05) is 6.42 Å². The lowest BCUT2D eigenvalue weighted by Gasteiger charge is -2.34. The van der Waals surface area contributed by atoms with Crippen molar-refractivity contribution in [1.82, 2.24) is 0 Å². The summed E-state index contributed by atoms with van der Waals surface area (Å²) in [6.45, 7) is 3.62. The van der Waals surface area contributed by atoms with Crippen LogP contribution in [0.1, 0.15) is 26.7 Å². The van der Waals surface area contributed by atoms with Crippen molar-refractivity contribution in [1.29, 1.82) is 0 Å². The molecule has 2 aliphatic rings. The van der Waals surface area contributed by atoms with E-state index in [0.717, 1.165) is 0 Å². The molecule has 1 heterocycles. The Bertz CT molecular complexity index is 301. The molecular formula is C9H11IO3. The maximum absolute atomic E-state index is 11.6. The first-order valence-corrected chi connectivity index (χ1v) is 5.56. The number of hydrogen-bond acceptors (Lipinski definition) is 3. The molecule has 13 heavy (non-hydrogen) atoms. The van der Waals surface area contributed by atoms with Crippen LogP contribution in [-0.4, -0.2) is 21.3 Å². The highest BCUT2D eigenvalue weighted by Gasteiger charge is 2.65. The molecule has 1 saturated heterocycles. The zero-order valence-corrected chi connectivity index (χ0v) is 9.75. The van der Waals surface area contributed by atoms with Crippen LogP contribution in [0, 0.1) is 5.41 Å². The molecule has 72 valence electrons. The Kier molecular flexibility index (Phi) is 1.78. The lowest BCUT2D eigenvalue weighted by Crippen LogP contribution is -2.48. The van der Waals surface area contributed by atoms with E-state index < -0.39 is 11.0 Å². The van der Waals surface area contributed by atoms with Crippen molar-refractivity contribution >= 4 is 34.3 Å². The Morgan fingerprint density at radius 2 is 2.08 bits per heavy atom. The van der Waals surface area contributed by atoms with Crippen LogP contribution >= 0.6 is 22.6 Å². The molecule has 0 aromatic rings. The van der Waals surface area contributed by atoms with Crippen LogP contribution in [0.15, 0.2) is 0 Å². The Labute approximate surface area is 90.3 Å². The maximum Gasteiger partial charge on any atom is 0.321 e. The standard InChI is InChI=1S/C9H11IO3/c1-8-4-3-5(11)9(2,6(8)10)7(12)13-8/h6H,3-4H2,1-2H3/t6-,8+,9-/m0/s1. The lowest BCUT2D eigenvalue weighted by atomic mass is 9.71. The first kappa shape index (κ1) is 9.43. The fraction of sp³-hybridized carbons (Fsp3) is 0.778. The summed E-state index contributed by atoms with van der Waals surface area (Å²) in [5.74, 6) is -0.302. The van der Waals surface area contributed by atoms with Crippen LogP contribution in [0.4, 0.5) is 0 Å². The van der Waals surface area contributed by atoms with Gasteiger partial charge in [-0.1, -0.05) is 22.6 Å². The van der Waals surface area contributed by atoms with Crippen molar-refractivity contribution in [3.63, 3.8) is 0 Å². The molecule has 3 atom stereocenters. The molecule has 0 unspecified atom stereocenters. The minimum absolute atomic E-state index is 0.0219. The quantitative estimate of drug-likeness (QED) is 0.294. The molecule has 0 radical (unpaired) electrons. The van der Waals surface area contributed by atoms with Crippen molar-refractivity contribution in [2.75, 3.05) is 0 Å². The highest BCUT2D eigenvalue weighted by atomic mass is 127. The number of ketones is 1. The van der Waals surface area contributed by atoms with E-state index in [0.29, 0.717) is 12.8 Å². The van der Waals surface area contributed by atoms with Gasteiger partial charge >= 0.3 is 5.97 Å². The second-order valence-electron chi connectivity index (χ2n) is 4.19. The van der Waals surface area contributed by atoms with Gasteiger partial charge in [0.25, 0.3) is 0 Å². The summed E-state index contributed by atoms with van der Waals surface area (Å²) in [5, 5.41) is 0. The molecule has 1 aliphatic carbocycles. The Hall–Kier alpha value is -0.130. The van der Waals surface area contributed by atoms with E-state index in [2.05, 4.69) is 22.6 Å². The number of hydrogen-bond donors (Lipinski definition) is 0. The monoisotopic (exact) mass is 294 g/mol. The predicted octanol–water partition coefficient (Wildman–Crippen LogP) is 1.47. The second kappa shape index (κ2) is 2.46. The summed E-state index contributed by atoms with van der Waals surface area (Å²) in [7, 11) is 0. The van der Waals surface area contributed by atoms with E-state index in [4.69, 9.17) is 4.74 Å². The number of rotatable bonds is 0. The Morgan fingerprint density at radius 1 is 1.46 bits per heavy atom. The molecule has 1 aliphatic heterocycles. The molecule has 2 rings (SSSR count). The zero-order valence-electron chi connectivity index (χ0n) is 7.59. The van der Waals surface area contributed by atoms with E-state index in [1.165, 1.54) is 0 Å². The molecule has 0 spiro atoms. The fourth-order valence-electron chi connectivity index (χ4n) is 2.14. The first-order chi connectivity index (χ1) is 5.91. The Morgan fingerprint density at radius 3 is 2.62 bits per heavy atom. The van der Waals surface area contributed by atoms with E-state index in [1.54, 1.807) is 6.92 Å². The van der Waals surface area contributed by atoms with Gasteiger partial charge in [-0.25, -0.2) is 0 Å². The van der Waals surface area contributed by atoms with Gasteiger partial charge in [0.05, 0.1) is 3.92 Å². The molecule has 0 N–H and O–H groups in total. The SMILES string of the molecule is C[C@@]12C(=O)CC[C@@](C)(OC1=O)[C@@H]2I. The van der Waals surface area contributed by atoms with Crippen LogP contribution in [0.2, 0.25) is 0 Å². The van der Waals surface area contributed by atoms with E-state index in [-0.39, 0.29) is 15.7 Å². The van der Waals surface area contributed by atoms with Crippen molar-refractivity contribution < 1.29 is 14.3 Å². The average Bonchev–Trinajstić information content (AvgIpc) is 2.18. The topological polar surface area (TPSA) is 43.4 Å². The number of halogens is 1. The normalized spacial score (nSPS) is 49.3. The minimum Gasteiger partial charge on any atom is -0.457 e. The molecule has 0 amide bonds. The molecule has 0 aromatic carbocycles. The highest BCUT2D eigenvalue weighted by Crippen LogP contribution is 2.52. The van der Waals surface area contributed by atoms with Gasteiger partial charge in [-0.3, -0.25) is 9.59 Å². The summed E-state index contributed by atoms with van der Waals surface area (Å²) < 4.78 is 5.27. The smallest absolute Gasteiger partial charge is 0.321 e. The number of Topliss-reactive ketones (excluding diaryl/α,β-unsaturated/α-hetero) is 1. The molecule has 0 aromatic heterocycles. The van der Waals surface area contributed by atoms with Crippen molar-refractivity contribution in [2.24, 2.45) is 5.41 Å². The van der Waals surface area contributed by atoms with Crippen molar-refractivity contribution in [3.8, 4) is 0 Å². The molecule has 2 fully saturated rings. The molecule has 1 saturated carbocycles. The van der Waals surface area contributed by atoms with Gasteiger partial charge < -0.3 is 4.74 Å². The summed E-state index contributed by atoms with van der Waals surface area (Å²) >= 11 is 2.17. The van der Waals surface area contributed by atoms with Crippen LogP contribution in [0.3, 0.4) is 0 Å². The van der Waals surface area contributed by atoms with Gasteiger partial charge in [-0.2, -0.15) is 0 Å². The second-order valence-corrected chi connectivity index (χ2v) is 5.44. The number of alkyl halides is 1. The third kappa shape index (κ3) is 0.951. The van der Waals surface area contributed by atoms with Gasteiger partial charge in [-0.15, -0.1) is 0 Å². The number of carbonyl (C=O) groups is 2. The molecular weight excluding hydrogens is 283 g/mol. The molecule has 2 bridgehead atoms. The largest absolute Gasteiger partial charge is 0.457 e. The third-order valence-corrected chi connectivity index (χ3v) is 5.78. The first-order valence-electron chi connectivity index (χ1n) is 4.32. The summed E-state index contributed by atoms with van der Waals surface area (Å²) in [6, 6.07) is 0. The van der Waals surface area contributed by atoms with Gasteiger partial charge in [0.1, 0.15) is 11.0 Å².